The predicted molar refractivity (Wildman–Crippen MR) is 83.5 cm³/mol. The number of hydrogen-bond donors (Lipinski definition) is 1. The van der Waals surface area contributed by atoms with Crippen molar-refractivity contribution in [1.82, 2.24) is 4.90 Å². The largest absolute Gasteiger partial charge is 0.380 e. The lowest BCUT2D eigenvalue weighted by Crippen LogP contribution is -2.33. The number of fused-ring (bicyclic) bond motifs is 1. The zero-order valence-electron chi connectivity index (χ0n) is 9.63. The molecule has 0 aliphatic carbocycles. The summed E-state index contributed by atoms with van der Waals surface area (Å²) < 4.78 is 2.45. The first kappa shape index (κ1) is 12.2. The van der Waals surface area contributed by atoms with Crippen LogP contribution >= 0.6 is 38.5 Å². The highest BCUT2D eigenvalue weighted by molar-refractivity contribution is 14.1. The van der Waals surface area contributed by atoms with Gasteiger partial charge in [-0.15, -0.1) is 0 Å². The molecule has 1 N–H and O–H groups in total. The summed E-state index contributed by atoms with van der Waals surface area (Å²) in [5.41, 5.74) is 1.24. The molecule has 0 amide bonds. The third-order valence-corrected chi connectivity index (χ3v) is 5.21. The van der Waals surface area contributed by atoms with Gasteiger partial charge >= 0.3 is 0 Å². The van der Waals surface area contributed by atoms with Crippen LogP contribution in [-0.4, -0.2) is 30.1 Å². The second-order valence-electron chi connectivity index (χ2n) is 4.91. The van der Waals surface area contributed by atoms with E-state index >= 15 is 0 Å². The molecule has 4 heteroatoms. The van der Waals surface area contributed by atoms with Crippen LogP contribution < -0.4 is 5.32 Å². The van der Waals surface area contributed by atoms with E-state index in [1.54, 1.807) is 0 Å². The highest BCUT2D eigenvalue weighted by Crippen LogP contribution is 2.32. The quantitative estimate of drug-likeness (QED) is 0.753. The first-order valence-electron chi connectivity index (χ1n) is 6.20. The monoisotopic (exact) mass is 406 g/mol. The molecule has 0 bridgehead atoms. The number of benzene rings is 1. The van der Waals surface area contributed by atoms with Gasteiger partial charge in [-0.25, -0.2) is 0 Å². The number of nitrogens with zero attached hydrogens (tertiary/aromatic N) is 1. The van der Waals surface area contributed by atoms with Crippen LogP contribution in [0.1, 0.15) is 19.3 Å². The molecule has 1 aromatic carbocycles. The van der Waals surface area contributed by atoms with Crippen molar-refractivity contribution in [3.8, 4) is 0 Å². The standard InChI is InChI=1S/C13H16BrIN2/c14-10-8-9(15)3-4-11(10)16-12-5-7-17-6-1-2-13(12)17/h3-4,8,12-13,16H,1-2,5-7H2. The lowest BCUT2D eigenvalue weighted by Gasteiger charge is -2.22. The third-order valence-electron chi connectivity index (χ3n) is 3.88. The number of nitrogens with one attached hydrogen (secondary N) is 1. The smallest absolute Gasteiger partial charge is 0.0488 e. The van der Waals surface area contributed by atoms with Crippen LogP contribution in [-0.2, 0) is 0 Å². The van der Waals surface area contributed by atoms with Gasteiger partial charge in [-0.05, 0) is 82.5 Å². The molecule has 1 aromatic rings. The molecule has 2 heterocycles. The lowest BCUT2D eigenvalue weighted by molar-refractivity contribution is 0.318. The van der Waals surface area contributed by atoms with Gasteiger partial charge in [-0.1, -0.05) is 0 Å². The molecule has 2 nitrogen and oxygen atoms in total. The molecule has 0 spiro atoms. The molecule has 2 saturated heterocycles. The van der Waals surface area contributed by atoms with Crippen molar-refractivity contribution in [3.63, 3.8) is 0 Å². The van der Waals surface area contributed by atoms with E-state index in [0.29, 0.717) is 6.04 Å². The first-order chi connectivity index (χ1) is 8.24. The Labute approximate surface area is 124 Å². The van der Waals surface area contributed by atoms with E-state index < -0.39 is 0 Å². The molecule has 92 valence electrons. The van der Waals surface area contributed by atoms with Gasteiger partial charge in [-0.3, -0.25) is 4.90 Å². The normalized spacial score (nSPS) is 28.4. The molecular formula is C13H16BrIN2. The van der Waals surface area contributed by atoms with E-state index in [2.05, 4.69) is 66.9 Å². The molecule has 0 saturated carbocycles. The second kappa shape index (κ2) is 5.05. The predicted octanol–water partition coefficient (Wildman–Crippen LogP) is 3.70. The van der Waals surface area contributed by atoms with Crippen LogP contribution in [0, 0.1) is 3.57 Å². The molecule has 0 aromatic heterocycles. The van der Waals surface area contributed by atoms with Gasteiger partial charge in [0.1, 0.15) is 0 Å². The van der Waals surface area contributed by atoms with Gasteiger partial charge in [0, 0.05) is 32.4 Å². The fraction of sp³-hybridized carbons (Fsp3) is 0.538. The van der Waals surface area contributed by atoms with Crippen molar-refractivity contribution in [3.05, 3.63) is 26.2 Å². The van der Waals surface area contributed by atoms with Crippen molar-refractivity contribution in [2.24, 2.45) is 0 Å². The highest BCUT2D eigenvalue weighted by Gasteiger charge is 2.37. The minimum absolute atomic E-state index is 0.633. The molecule has 0 radical (unpaired) electrons. The molecule has 2 atom stereocenters. The Morgan fingerprint density at radius 2 is 2.18 bits per heavy atom. The maximum absolute atomic E-state index is 3.72. The van der Waals surface area contributed by atoms with Crippen molar-refractivity contribution < 1.29 is 0 Å². The lowest BCUT2D eigenvalue weighted by atomic mass is 10.1. The van der Waals surface area contributed by atoms with Crippen molar-refractivity contribution >= 4 is 44.2 Å². The van der Waals surface area contributed by atoms with E-state index in [1.807, 2.05) is 0 Å². The van der Waals surface area contributed by atoms with E-state index in [1.165, 1.54) is 46.1 Å². The van der Waals surface area contributed by atoms with Crippen molar-refractivity contribution in [2.45, 2.75) is 31.3 Å². The number of anilines is 1. The van der Waals surface area contributed by atoms with Crippen LogP contribution in [0.4, 0.5) is 5.69 Å². The van der Waals surface area contributed by atoms with E-state index in [0.717, 1.165) is 6.04 Å². The van der Waals surface area contributed by atoms with Crippen molar-refractivity contribution in [2.75, 3.05) is 18.4 Å². The van der Waals surface area contributed by atoms with Crippen LogP contribution in [0.5, 0.6) is 0 Å². The van der Waals surface area contributed by atoms with Crippen LogP contribution in [0.25, 0.3) is 0 Å². The maximum Gasteiger partial charge on any atom is 0.0488 e. The zero-order valence-corrected chi connectivity index (χ0v) is 13.4. The number of halogens is 2. The first-order valence-corrected chi connectivity index (χ1v) is 8.07. The second-order valence-corrected chi connectivity index (χ2v) is 7.01. The molecule has 2 fully saturated rings. The van der Waals surface area contributed by atoms with Gasteiger partial charge in [0.05, 0.1) is 0 Å². The Hall–Kier alpha value is 0.190. The maximum atomic E-state index is 3.72. The summed E-state index contributed by atoms with van der Waals surface area (Å²) in [4.78, 5) is 2.64. The molecule has 2 unspecified atom stereocenters. The van der Waals surface area contributed by atoms with Gasteiger partial charge in [0.25, 0.3) is 0 Å². The Kier molecular flexibility index (Phi) is 3.64. The summed E-state index contributed by atoms with van der Waals surface area (Å²) in [5, 5.41) is 3.72. The van der Waals surface area contributed by atoms with E-state index in [-0.39, 0.29) is 0 Å². The number of rotatable bonds is 2. The van der Waals surface area contributed by atoms with Gasteiger partial charge in [-0.2, -0.15) is 0 Å². The topological polar surface area (TPSA) is 15.3 Å². The van der Waals surface area contributed by atoms with E-state index in [9.17, 15) is 0 Å². The summed E-state index contributed by atoms with van der Waals surface area (Å²) in [6, 6.07) is 7.91. The van der Waals surface area contributed by atoms with Crippen LogP contribution in [0.2, 0.25) is 0 Å². The minimum atomic E-state index is 0.633. The molecular weight excluding hydrogens is 391 g/mol. The molecule has 17 heavy (non-hydrogen) atoms. The van der Waals surface area contributed by atoms with Gasteiger partial charge < -0.3 is 5.32 Å². The van der Waals surface area contributed by atoms with Crippen LogP contribution in [0.3, 0.4) is 0 Å². The van der Waals surface area contributed by atoms with E-state index in [4.69, 9.17) is 0 Å². The highest BCUT2D eigenvalue weighted by atomic mass is 127. The van der Waals surface area contributed by atoms with Gasteiger partial charge in [0.15, 0.2) is 0 Å². The average Bonchev–Trinajstić information content (AvgIpc) is 2.86. The van der Waals surface area contributed by atoms with Gasteiger partial charge in [0.2, 0.25) is 0 Å². The minimum Gasteiger partial charge on any atom is -0.380 e. The fourth-order valence-electron chi connectivity index (χ4n) is 3.06. The summed E-state index contributed by atoms with van der Waals surface area (Å²) in [6.45, 7) is 2.57. The average molecular weight is 407 g/mol. The summed E-state index contributed by atoms with van der Waals surface area (Å²) in [7, 11) is 0. The van der Waals surface area contributed by atoms with Crippen molar-refractivity contribution in [1.29, 1.82) is 0 Å². The summed E-state index contributed by atoms with van der Waals surface area (Å²) >= 11 is 5.99. The van der Waals surface area contributed by atoms with Crippen LogP contribution in [0.15, 0.2) is 22.7 Å². The third kappa shape index (κ3) is 2.49. The Balaban J connectivity index is 1.74. The Morgan fingerprint density at radius 3 is 3.00 bits per heavy atom. The SMILES string of the molecule is Brc1cc(I)ccc1NC1CCN2CCCC12. The summed E-state index contributed by atoms with van der Waals surface area (Å²) in [5.74, 6) is 0. The zero-order chi connectivity index (χ0) is 11.8. The Morgan fingerprint density at radius 1 is 1.29 bits per heavy atom. The molecule has 3 rings (SSSR count). The Bertz CT molecular complexity index is 424. The molecule has 2 aliphatic rings. The summed E-state index contributed by atoms with van der Waals surface area (Å²) in [6.07, 6.45) is 4.01. The fourth-order valence-corrected chi connectivity index (χ4v) is 4.47. The number of hydrogen-bond acceptors (Lipinski definition) is 2. The molecule has 2 aliphatic heterocycles.